The van der Waals surface area contributed by atoms with Gasteiger partial charge in [-0.05, 0) is 76.9 Å². The van der Waals surface area contributed by atoms with Crippen molar-refractivity contribution in [2.75, 3.05) is 7.11 Å². The molecule has 0 saturated heterocycles. The van der Waals surface area contributed by atoms with Gasteiger partial charge in [-0.15, -0.1) is 0 Å². The van der Waals surface area contributed by atoms with E-state index in [9.17, 15) is 9.59 Å². The number of nitrogens with zero attached hydrogens (tertiary/aromatic N) is 1. The normalized spacial score (nSPS) is 10.7. The Hall–Kier alpha value is -3.16. The maximum atomic E-state index is 12.5. The lowest BCUT2D eigenvalue weighted by molar-refractivity contribution is 0.0728. The summed E-state index contributed by atoms with van der Waals surface area (Å²) in [6, 6.07) is 16.8. The quantitative estimate of drug-likeness (QED) is 0.212. The summed E-state index contributed by atoms with van der Waals surface area (Å²) in [4.78, 5) is 24.6. The van der Waals surface area contributed by atoms with Crippen LogP contribution in [0.3, 0.4) is 0 Å². The molecule has 0 saturated carbocycles. The third kappa shape index (κ3) is 5.93. The Morgan fingerprint density at radius 3 is 2.32 bits per heavy atom. The fourth-order valence-corrected chi connectivity index (χ4v) is 3.25. The van der Waals surface area contributed by atoms with Gasteiger partial charge in [0.15, 0.2) is 11.5 Å². The molecule has 0 heterocycles. The molecular weight excluding hydrogens is 484 g/mol. The van der Waals surface area contributed by atoms with E-state index in [0.29, 0.717) is 31.9 Å². The Morgan fingerprint density at radius 1 is 1.03 bits per heavy atom. The first-order valence-electron chi connectivity index (χ1n) is 9.12. The Bertz CT molecular complexity index is 1130. The highest BCUT2D eigenvalue weighted by molar-refractivity contribution is 9.10. The van der Waals surface area contributed by atoms with Gasteiger partial charge in [0.1, 0.15) is 0 Å². The molecular formula is C23H18BrClN2O4. The Kier molecular flexibility index (Phi) is 7.44. The lowest BCUT2D eigenvalue weighted by atomic mass is 10.1. The van der Waals surface area contributed by atoms with Crippen LogP contribution in [0.5, 0.6) is 11.5 Å². The van der Waals surface area contributed by atoms with Crippen molar-refractivity contribution < 1.29 is 19.1 Å². The van der Waals surface area contributed by atoms with E-state index in [-0.39, 0.29) is 11.7 Å². The zero-order chi connectivity index (χ0) is 22.4. The van der Waals surface area contributed by atoms with Crippen molar-refractivity contribution in [3.05, 3.63) is 92.4 Å². The van der Waals surface area contributed by atoms with Gasteiger partial charge in [-0.25, -0.2) is 10.2 Å². The second-order valence-electron chi connectivity index (χ2n) is 6.50. The Morgan fingerprint density at radius 2 is 1.68 bits per heavy atom. The summed E-state index contributed by atoms with van der Waals surface area (Å²) in [5.74, 6) is -0.297. The molecule has 158 valence electrons. The fraction of sp³-hybridized carbons (Fsp3) is 0.0870. The molecule has 1 N–H and O–H groups in total. The van der Waals surface area contributed by atoms with Crippen LogP contribution in [0.4, 0.5) is 0 Å². The summed E-state index contributed by atoms with van der Waals surface area (Å²) in [6.45, 7) is 1.94. The summed E-state index contributed by atoms with van der Waals surface area (Å²) >= 11 is 9.22. The van der Waals surface area contributed by atoms with E-state index in [0.717, 1.165) is 5.56 Å². The van der Waals surface area contributed by atoms with Crippen molar-refractivity contribution in [3.8, 4) is 11.5 Å². The van der Waals surface area contributed by atoms with Crippen molar-refractivity contribution in [3.63, 3.8) is 0 Å². The predicted molar refractivity (Wildman–Crippen MR) is 123 cm³/mol. The monoisotopic (exact) mass is 500 g/mol. The second kappa shape index (κ2) is 10.2. The van der Waals surface area contributed by atoms with Crippen LogP contribution >= 0.6 is 27.5 Å². The number of rotatable bonds is 6. The molecule has 1 amide bonds. The van der Waals surface area contributed by atoms with Crippen LogP contribution in [0.1, 0.15) is 31.8 Å². The molecule has 0 fully saturated rings. The standard InChI is InChI=1S/C23H18BrClN2O4/c1-14-3-5-17(6-4-14)23(29)31-21-19(24)11-15(12-20(21)30-2)13-26-27-22(28)16-7-9-18(25)10-8-16/h3-13H,1-2H3,(H,27,28). The molecule has 0 aliphatic heterocycles. The van der Waals surface area contributed by atoms with E-state index in [1.807, 2.05) is 19.1 Å². The number of esters is 1. The zero-order valence-electron chi connectivity index (χ0n) is 16.7. The maximum Gasteiger partial charge on any atom is 0.343 e. The smallest absolute Gasteiger partial charge is 0.343 e. The lowest BCUT2D eigenvalue weighted by Gasteiger charge is -2.12. The largest absolute Gasteiger partial charge is 0.493 e. The van der Waals surface area contributed by atoms with Crippen LogP contribution in [0.25, 0.3) is 0 Å². The molecule has 0 aromatic heterocycles. The Balaban J connectivity index is 1.73. The van der Waals surface area contributed by atoms with E-state index in [1.165, 1.54) is 13.3 Å². The van der Waals surface area contributed by atoms with Crippen LogP contribution in [-0.4, -0.2) is 25.2 Å². The van der Waals surface area contributed by atoms with Crippen LogP contribution in [0.15, 0.2) is 70.2 Å². The van der Waals surface area contributed by atoms with Gasteiger partial charge in [0.25, 0.3) is 5.91 Å². The third-order valence-corrected chi connectivity index (χ3v) is 5.06. The van der Waals surface area contributed by atoms with Gasteiger partial charge in [0.05, 0.1) is 23.4 Å². The predicted octanol–water partition coefficient (Wildman–Crippen LogP) is 5.40. The SMILES string of the molecule is COc1cc(C=NNC(=O)c2ccc(Cl)cc2)cc(Br)c1OC(=O)c1ccc(C)cc1. The van der Waals surface area contributed by atoms with E-state index >= 15 is 0 Å². The van der Waals surface area contributed by atoms with Gasteiger partial charge in [0, 0.05) is 10.6 Å². The molecule has 6 nitrogen and oxygen atoms in total. The number of hydrazone groups is 1. The van der Waals surface area contributed by atoms with E-state index in [1.54, 1.807) is 48.5 Å². The highest BCUT2D eigenvalue weighted by atomic mass is 79.9. The number of methoxy groups -OCH3 is 1. The minimum absolute atomic E-state index is 0.246. The lowest BCUT2D eigenvalue weighted by Crippen LogP contribution is -2.17. The second-order valence-corrected chi connectivity index (χ2v) is 7.79. The molecule has 3 rings (SSSR count). The van der Waals surface area contributed by atoms with E-state index < -0.39 is 5.97 Å². The average Bonchev–Trinajstić information content (AvgIpc) is 2.76. The van der Waals surface area contributed by atoms with Crippen molar-refractivity contribution in [1.82, 2.24) is 5.43 Å². The molecule has 0 radical (unpaired) electrons. The van der Waals surface area contributed by atoms with Crippen LogP contribution in [0, 0.1) is 6.92 Å². The molecule has 3 aromatic carbocycles. The van der Waals surface area contributed by atoms with Gasteiger partial charge in [0.2, 0.25) is 0 Å². The minimum atomic E-state index is -0.504. The topological polar surface area (TPSA) is 77.0 Å². The highest BCUT2D eigenvalue weighted by Gasteiger charge is 2.16. The van der Waals surface area contributed by atoms with Crippen LogP contribution in [0.2, 0.25) is 5.02 Å². The van der Waals surface area contributed by atoms with Crippen molar-refractivity contribution >= 4 is 45.6 Å². The van der Waals surface area contributed by atoms with E-state index in [2.05, 4.69) is 26.5 Å². The first kappa shape index (κ1) is 22.5. The summed E-state index contributed by atoms with van der Waals surface area (Å²) in [7, 11) is 1.47. The third-order valence-electron chi connectivity index (χ3n) is 4.22. The number of carbonyl (C=O) groups is 2. The van der Waals surface area contributed by atoms with Gasteiger partial charge in [-0.1, -0.05) is 29.3 Å². The number of amides is 1. The van der Waals surface area contributed by atoms with E-state index in [4.69, 9.17) is 21.1 Å². The molecule has 0 aliphatic rings. The van der Waals surface area contributed by atoms with Gasteiger partial charge < -0.3 is 9.47 Å². The molecule has 0 spiro atoms. The maximum absolute atomic E-state index is 12.5. The molecule has 8 heteroatoms. The van der Waals surface area contributed by atoms with Crippen LogP contribution in [-0.2, 0) is 0 Å². The number of halogens is 2. The first-order valence-corrected chi connectivity index (χ1v) is 10.3. The first-order chi connectivity index (χ1) is 14.9. The van der Waals surface area contributed by atoms with Gasteiger partial charge >= 0.3 is 5.97 Å². The number of benzene rings is 3. The minimum Gasteiger partial charge on any atom is -0.493 e. The molecule has 3 aromatic rings. The van der Waals surface area contributed by atoms with Crippen molar-refractivity contribution in [2.45, 2.75) is 6.92 Å². The summed E-state index contributed by atoms with van der Waals surface area (Å²) in [5.41, 5.74) is 4.96. The number of ether oxygens (including phenoxy) is 2. The molecule has 0 aliphatic carbocycles. The summed E-state index contributed by atoms with van der Waals surface area (Å²) < 4.78 is 11.4. The van der Waals surface area contributed by atoms with Crippen LogP contribution < -0.4 is 14.9 Å². The molecule has 0 bridgehead atoms. The summed E-state index contributed by atoms with van der Waals surface area (Å²) in [6.07, 6.45) is 1.45. The summed E-state index contributed by atoms with van der Waals surface area (Å²) in [5, 5.41) is 4.50. The molecule has 0 unspecified atom stereocenters. The molecule has 0 atom stereocenters. The van der Waals surface area contributed by atoms with Gasteiger partial charge in [-0.3, -0.25) is 4.79 Å². The van der Waals surface area contributed by atoms with Crippen molar-refractivity contribution in [1.29, 1.82) is 0 Å². The fourth-order valence-electron chi connectivity index (χ4n) is 2.59. The van der Waals surface area contributed by atoms with Gasteiger partial charge in [-0.2, -0.15) is 5.10 Å². The number of aryl methyl sites for hydroxylation is 1. The number of carbonyl (C=O) groups excluding carboxylic acids is 2. The number of hydrogen-bond acceptors (Lipinski definition) is 5. The Labute approximate surface area is 193 Å². The number of nitrogens with one attached hydrogen (secondary N) is 1. The number of hydrogen-bond donors (Lipinski definition) is 1. The highest BCUT2D eigenvalue weighted by Crippen LogP contribution is 2.36. The average molecular weight is 502 g/mol. The zero-order valence-corrected chi connectivity index (χ0v) is 19.0. The molecule has 31 heavy (non-hydrogen) atoms. The van der Waals surface area contributed by atoms with Crippen molar-refractivity contribution in [2.24, 2.45) is 5.10 Å².